The monoisotopic (exact) mass is 399 g/mol. The van der Waals surface area contributed by atoms with E-state index in [1.165, 1.54) is 12.1 Å². The largest absolute Gasteiger partial charge is 0.494 e. The van der Waals surface area contributed by atoms with Crippen LogP contribution in [0.4, 0.5) is 0 Å². The van der Waals surface area contributed by atoms with Crippen LogP contribution in [0.5, 0.6) is 5.75 Å². The average molecular weight is 400 g/mol. The maximum atomic E-state index is 12.3. The van der Waals surface area contributed by atoms with Crippen molar-refractivity contribution in [2.24, 2.45) is 11.7 Å². The van der Waals surface area contributed by atoms with Gasteiger partial charge >= 0.3 is 0 Å². The number of carbonyl (C=O) groups is 2. The van der Waals surface area contributed by atoms with Gasteiger partial charge in [0.15, 0.2) is 0 Å². The van der Waals surface area contributed by atoms with Gasteiger partial charge in [-0.25, -0.2) is 13.1 Å². The fourth-order valence-electron chi connectivity index (χ4n) is 2.26. The lowest BCUT2D eigenvalue weighted by Gasteiger charge is -2.17. The first kappa shape index (κ1) is 22.9. The highest BCUT2D eigenvalue weighted by Crippen LogP contribution is 2.16. The Morgan fingerprint density at radius 1 is 1.19 bits per heavy atom. The highest BCUT2D eigenvalue weighted by atomic mass is 32.2. The van der Waals surface area contributed by atoms with E-state index in [1.54, 1.807) is 12.1 Å². The van der Waals surface area contributed by atoms with Gasteiger partial charge in [0.05, 0.1) is 18.0 Å². The van der Waals surface area contributed by atoms with Crippen LogP contribution in [0.3, 0.4) is 0 Å². The molecule has 1 rings (SSSR count). The molecule has 0 saturated heterocycles. The molecule has 0 radical (unpaired) electrons. The number of unbranched alkanes of at least 4 members (excludes halogenated alkanes) is 1. The Morgan fingerprint density at radius 3 is 2.33 bits per heavy atom. The molecule has 0 bridgehead atoms. The van der Waals surface area contributed by atoms with Crippen LogP contribution in [-0.4, -0.2) is 39.4 Å². The number of nitrogens with two attached hydrogens (primary N) is 1. The Bertz CT molecular complexity index is 717. The van der Waals surface area contributed by atoms with Gasteiger partial charge in [0.2, 0.25) is 21.8 Å². The molecule has 0 heterocycles. The molecule has 8 nitrogen and oxygen atoms in total. The minimum atomic E-state index is -3.86. The topological polar surface area (TPSA) is 128 Å². The smallest absolute Gasteiger partial charge is 0.241 e. The zero-order valence-electron chi connectivity index (χ0n) is 16.0. The second-order valence-electron chi connectivity index (χ2n) is 6.65. The average Bonchev–Trinajstić information content (AvgIpc) is 2.60. The minimum absolute atomic E-state index is 0.0202. The van der Waals surface area contributed by atoms with Crippen molar-refractivity contribution in [3.8, 4) is 5.75 Å². The quantitative estimate of drug-likeness (QED) is 0.455. The predicted octanol–water partition coefficient (Wildman–Crippen LogP) is 1.16. The number of hydrogen-bond donors (Lipinski definition) is 3. The predicted molar refractivity (Wildman–Crippen MR) is 103 cm³/mol. The number of hydrogen-bond acceptors (Lipinski definition) is 5. The second-order valence-corrected chi connectivity index (χ2v) is 8.42. The number of rotatable bonds is 12. The van der Waals surface area contributed by atoms with E-state index in [0.29, 0.717) is 18.8 Å². The molecule has 0 aromatic heterocycles. The molecule has 0 aliphatic heterocycles. The van der Waals surface area contributed by atoms with E-state index in [0.717, 1.165) is 12.8 Å². The third kappa shape index (κ3) is 8.40. The molecule has 0 spiro atoms. The molecular formula is C18H29N3O5S. The van der Waals surface area contributed by atoms with Gasteiger partial charge in [0.1, 0.15) is 11.8 Å². The lowest BCUT2D eigenvalue weighted by molar-refractivity contribution is -0.127. The van der Waals surface area contributed by atoms with Crippen molar-refractivity contribution in [3.05, 3.63) is 24.3 Å². The summed E-state index contributed by atoms with van der Waals surface area (Å²) < 4.78 is 32.3. The number of sulfonamides is 1. The zero-order valence-corrected chi connectivity index (χ0v) is 16.8. The van der Waals surface area contributed by atoms with Crippen LogP contribution < -0.4 is 20.5 Å². The Hall–Kier alpha value is -2.13. The molecule has 9 heteroatoms. The van der Waals surface area contributed by atoms with Gasteiger partial charge in [0.25, 0.3) is 0 Å². The first-order valence-electron chi connectivity index (χ1n) is 8.97. The number of amides is 2. The Kier molecular flexibility index (Phi) is 9.23. The second kappa shape index (κ2) is 10.9. The highest BCUT2D eigenvalue weighted by Gasteiger charge is 2.21. The number of ether oxygens (including phenoxy) is 1. The van der Waals surface area contributed by atoms with Gasteiger partial charge in [-0.05, 0) is 43.0 Å². The van der Waals surface area contributed by atoms with Crippen molar-refractivity contribution in [1.29, 1.82) is 0 Å². The number of benzene rings is 1. The van der Waals surface area contributed by atoms with E-state index < -0.39 is 34.4 Å². The molecule has 0 aliphatic carbocycles. The fourth-order valence-corrected chi connectivity index (χ4v) is 3.24. The van der Waals surface area contributed by atoms with E-state index >= 15 is 0 Å². The third-order valence-electron chi connectivity index (χ3n) is 3.71. The standard InChI is InChI=1S/C18H29N3O5S/c1-4-5-10-26-14-6-8-15(9-7-14)27(24,25)20-12-17(22)21-16(18(19)23)11-13(2)3/h6-9,13,16,20H,4-5,10-12H2,1-3H3,(H2,19,23)(H,21,22)/t16-/m0/s1. The third-order valence-corrected chi connectivity index (χ3v) is 5.13. The minimum Gasteiger partial charge on any atom is -0.494 e. The van der Waals surface area contributed by atoms with E-state index in [-0.39, 0.29) is 10.8 Å². The summed E-state index contributed by atoms with van der Waals surface area (Å²) in [6.45, 7) is 5.91. The lowest BCUT2D eigenvalue weighted by Crippen LogP contribution is -2.48. The summed E-state index contributed by atoms with van der Waals surface area (Å²) in [6, 6.07) is 5.12. The van der Waals surface area contributed by atoms with E-state index in [1.807, 2.05) is 13.8 Å². The fraction of sp³-hybridized carbons (Fsp3) is 0.556. The van der Waals surface area contributed by atoms with Crippen molar-refractivity contribution in [2.45, 2.75) is 51.0 Å². The molecule has 1 atom stereocenters. The van der Waals surface area contributed by atoms with Gasteiger partial charge in [-0.1, -0.05) is 27.2 Å². The number of nitrogens with one attached hydrogen (secondary N) is 2. The van der Waals surface area contributed by atoms with Crippen molar-refractivity contribution < 1.29 is 22.7 Å². The molecule has 4 N–H and O–H groups in total. The maximum Gasteiger partial charge on any atom is 0.241 e. The maximum absolute atomic E-state index is 12.3. The molecule has 2 amide bonds. The Morgan fingerprint density at radius 2 is 1.81 bits per heavy atom. The van der Waals surface area contributed by atoms with Crippen LogP contribution in [0.25, 0.3) is 0 Å². The first-order chi connectivity index (χ1) is 12.7. The van der Waals surface area contributed by atoms with Gasteiger partial charge in [-0.3, -0.25) is 9.59 Å². The van der Waals surface area contributed by atoms with Crippen LogP contribution >= 0.6 is 0 Å². The summed E-state index contributed by atoms with van der Waals surface area (Å²) in [5.41, 5.74) is 5.26. The van der Waals surface area contributed by atoms with Crippen LogP contribution in [-0.2, 0) is 19.6 Å². The molecular weight excluding hydrogens is 370 g/mol. The van der Waals surface area contributed by atoms with E-state index in [2.05, 4.69) is 17.0 Å². The van der Waals surface area contributed by atoms with Crippen molar-refractivity contribution in [1.82, 2.24) is 10.0 Å². The van der Waals surface area contributed by atoms with Crippen molar-refractivity contribution in [3.63, 3.8) is 0 Å². The van der Waals surface area contributed by atoms with Crippen LogP contribution in [0.15, 0.2) is 29.2 Å². The normalized spacial score (nSPS) is 12.6. The Labute approximate surface area is 160 Å². The highest BCUT2D eigenvalue weighted by molar-refractivity contribution is 7.89. The summed E-state index contributed by atoms with van der Waals surface area (Å²) in [4.78, 5) is 23.3. The van der Waals surface area contributed by atoms with E-state index in [9.17, 15) is 18.0 Å². The molecule has 0 aliphatic rings. The van der Waals surface area contributed by atoms with Crippen LogP contribution in [0.1, 0.15) is 40.0 Å². The first-order valence-corrected chi connectivity index (χ1v) is 10.4. The number of carbonyl (C=O) groups excluding carboxylic acids is 2. The number of primary amides is 1. The molecule has 1 aromatic carbocycles. The summed E-state index contributed by atoms with van der Waals surface area (Å²) in [6.07, 6.45) is 2.30. The summed E-state index contributed by atoms with van der Waals surface area (Å²) in [5, 5.41) is 2.45. The van der Waals surface area contributed by atoms with E-state index in [4.69, 9.17) is 10.5 Å². The van der Waals surface area contributed by atoms with Gasteiger partial charge in [-0.15, -0.1) is 0 Å². The zero-order chi connectivity index (χ0) is 20.4. The van der Waals surface area contributed by atoms with Crippen LogP contribution in [0.2, 0.25) is 0 Å². The van der Waals surface area contributed by atoms with Gasteiger partial charge in [0, 0.05) is 0 Å². The Balaban J connectivity index is 2.61. The molecule has 0 saturated carbocycles. The molecule has 0 fully saturated rings. The van der Waals surface area contributed by atoms with Crippen molar-refractivity contribution >= 4 is 21.8 Å². The van der Waals surface area contributed by atoms with Gasteiger partial charge in [-0.2, -0.15) is 0 Å². The lowest BCUT2D eigenvalue weighted by atomic mass is 10.0. The van der Waals surface area contributed by atoms with Crippen LogP contribution in [0, 0.1) is 5.92 Å². The summed E-state index contributed by atoms with van der Waals surface area (Å²) in [5.74, 6) is -0.545. The SMILES string of the molecule is CCCCOc1ccc(S(=O)(=O)NCC(=O)N[C@@H](CC(C)C)C(N)=O)cc1. The molecule has 27 heavy (non-hydrogen) atoms. The summed E-state index contributed by atoms with van der Waals surface area (Å²) in [7, 11) is -3.86. The van der Waals surface area contributed by atoms with Gasteiger partial charge < -0.3 is 15.8 Å². The summed E-state index contributed by atoms with van der Waals surface area (Å²) >= 11 is 0. The molecule has 1 aromatic rings. The molecule has 152 valence electrons. The van der Waals surface area contributed by atoms with Crippen molar-refractivity contribution in [2.75, 3.05) is 13.2 Å². The molecule has 0 unspecified atom stereocenters.